The van der Waals surface area contributed by atoms with E-state index >= 15 is 0 Å². The van der Waals surface area contributed by atoms with Crippen molar-refractivity contribution in [2.45, 2.75) is 66.4 Å². The van der Waals surface area contributed by atoms with Crippen LogP contribution in [0.4, 0.5) is 0 Å². The van der Waals surface area contributed by atoms with Crippen molar-refractivity contribution in [3.05, 3.63) is 64.6 Å². The van der Waals surface area contributed by atoms with E-state index in [2.05, 4.69) is 27.4 Å². The molecular formula is C29H36O5. The van der Waals surface area contributed by atoms with Crippen molar-refractivity contribution >= 4 is 16.9 Å². The van der Waals surface area contributed by atoms with E-state index in [4.69, 9.17) is 13.9 Å². The number of carbonyl (C=O) groups excluding carboxylic acids is 1. The van der Waals surface area contributed by atoms with Crippen molar-refractivity contribution in [1.82, 2.24) is 0 Å². The van der Waals surface area contributed by atoms with Crippen LogP contribution in [0.5, 0.6) is 5.75 Å². The van der Waals surface area contributed by atoms with Gasteiger partial charge in [0, 0.05) is 34.4 Å². The van der Waals surface area contributed by atoms with E-state index in [0.717, 1.165) is 31.1 Å². The summed E-state index contributed by atoms with van der Waals surface area (Å²) in [7, 11) is 0. The Hall–Kier alpha value is -2.82. The Kier molecular flexibility index (Phi) is 6.50. The number of rotatable bonds is 5. The van der Waals surface area contributed by atoms with E-state index in [1.165, 1.54) is 11.6 Å². The third kappa shape index (κ3) is 4.33. The number of benzene rings is 1. The van der Waals surface area contributed by atoms with Crippen molar-refractivity contribution < 1.29 is 18.7 Å². The minimum atomic E-state index is -0.370. The average Bonchev–Trinajstić information content (AvgIpc) is 2.79. The summed E-state index contributed by atoms with van der Waals surface area (Å²) in [5, 5.41) is 0.865. The fraction of sp³-hybridized carbons (Fsp3) is 0.517. The number of hydrogen-bond donors (Lipinski definition) is 0. The highest BCUT2D eigenvalue weighted by Gasteiger charge is 2.57. The number of ether oxygens (including phenoxy) is 2. The molecule has 4 atom stereocenters. The molecule has 1 aromatic carbocycles. The van der Waals surface area contributed by atoms with Crippen molar-refractivity contribution in [3.63, 3.8) is 0 Å². The van der Waals surface area contributed by atoms with Gasteiger partial charge >= 0.3 is 11.6 Å². The minimum absolute atomic E-state index is 0.000786. The third-order valence-electron chi connectivity index (χ3n) is 8.53. The van der Waals surface area contributed by atoms with Gasteiger partial charge in [-0.2, -0.15) is 0 Å². The van der Waals surface area contributed by atoms with E-state index < -0.39 is 0 Å². The highest BCUT2D eigenvalue weighted by Crippen LogP contribution is 2.61. The third-order valence-corrected chi connectivity index (χ3v) is 8.53. The lowest BCUT2D eigenvalue weighted by molar-refractivity contribution is -0.173. The van der Waals surface area contributed by atoms with Crippen LogP contribution in [0.3, 0.4) is 0 Å². The van der Waals surface area contributed by atoms with Crippen LogP contribution < -0.4 is 10.4 Å². The number of hydrogen-bond acceptors (Lipinski definition) is 5. The summed E-state index contributed by atoms with van der Waals surface area (Å²) in [6.45, 7) is 15.5. The van der Waals surface area contributed by atoms with Crippen LogP contribution in [0.25, 0.3) is 11.0 Å². The quantitative estimate of drug-likeness (QED) is 0.220. The van der Waals surface area contributed by atoms with E-state index in [-0.39, 0.29) is 34.4 Å². The molecule has 2 aromatic rings. The fourth-order valence-corrected chi connectivity index (χ4v) is 6.32. The molecule has 0 aliphatic heterocycles. The van der Waals surface area contributed by atoms with Crippen LogP contribution in [0.15, 0.2) is 63.3 Å². The molecular weight excluding hydrogens is 428 g/mol. The normalized spacial score (nSPS) is 28.9. The van der Waals surface area contributed by atoms with Gasteiger partial charge in [0.2, 0.25) is 0 Å². The Balaban J connectivity index is 1.54. The van der Waals surface area contributed by atoms with E-state index in [1.807, 2.05) is 19.1 Å². The number of carbonyl (C=O) groups is 1. The monoisotopic (exact) mass is 464 g/mol. The van der Waals surface area contributed by atoms with Gasteiger partial charge < -0.3 is 13.9 Å². The predicted molar refractivity (Wildman–Crippen MR) is 134 cm³/mol. The molecule has 1 aromatic heterocycles. The Morgan fingerprint density at radius 2 is 1.94 bits per heavy atom. The topological polar surface area (TPSA) is 65.7 Å². The van der Waals surface area contributed by atoms with Gasteiger partial charge in [-0.25, -0.2) is 9.59 Å². The van der Waals surface area contributed by atoms with E-state index in [0.29, 0.717) is 29.4 Å². The molecule has 2 aliphatic carbocycles. The summed E-state index contributed by atoms with van der Waals surface area (Å²) in [6.07, 6.45) is 5.46. The van der Waals surface area contributed by atoms with Crippen LogP contribution in [0.1, 0.15) is 60.3 Å². The molecule has 0 saturated heterocycles. The molecule has 5 heteroatoms. The van der Waals surface area contributed by atoms with Gasteiger partial charge in [-0.05, 0) is 69.1 Å². The lowest BCUT2D eigenvalue weighted by atomic mass is 9.47. The molecule has 0 N–H and O–H groups in total. The molecule has 1 heterocycles. The van der Waals surface area contributed by atoms with E-state index in [9.17, 15) is 9.59 Å². The molecule has 2 saturated carbocycles. The fourth-order valence-electron chi connectivity index (χ4n) is 6.32. The van der Waals surface area contributed by atoms with E-state index in [1.54, 1.807) is 25.1 Å². The molecule has 0 unspecified atom stereocenters. The number of esters is 1. The Labute approximate surface area is 201 Å². The molecule has 2 fully saturated rings. The maximum atomic E-state index is 12.5. The molecule has 0 spiro atoms. The van der Waals surface area contributed by atoms with Crippen LogP contribution in [0.2, 0.25) is 0 Å². The second-order valence-corrected chi connectivity index (χ2v) is 10.8. The summed E-state index contributed by atoms with van der Waals surface area (Å²) < 4.78 is 17.6. The van der Waals surface area contributed by atoms with Gasteiger partial charge in [-0.15, -0.1) is 0 Å². The summed E-state index contributed by atoms with van der Waals surface area (Å²) in [5.74, 6) is 1.04. The highest BCUT2D eigenvalue weighted by atomic mass is 16.5. The highest BCUT2D eigenvalue weighted by molar-refractivity contribution is 5.87. The maximum absolute atomic E-state index is 12.5. The molecule has 5 nitrogen and oxygen atoms in total. The average molecular weight is 465 g/mol. The Bertz CT molecular complexity index is 1190. The maximum Gasteiger partial charge on any atom is 0.336 e. The SMILES string of the molecule is C=C1CC[C@@H]2C(C)(C)[C@H](OC(=O)/C(C)=C\C)CC[C@@]2(C)[C@@H]1COc1ccc2ccc(=O)oc2c1. The number of fused-ring (bicyclic) bond motifs is 2. The van der Waals surface area contributed by atoms with Gasteiger partial charge in [-0.3, -0.25) is 0 Å². The van der Waals surface area contributed by atoms with Crippen molar-refractivity contribution in [3.8, 4) is 5.75 Å². The second-order valence-electron chi connectivity index (χ2n) is 10.8. The van der Waals surface area contributed by atoms with Crippen molar-refractivity contribution in [2.24, 2.45) is 22.7 Å². The number of allylic oxidation sites excluding steroid dienone is 1. The molecule has 4 rings (SSSR count). The Morgan fingerprint density at radius 3 is 2.68 bits per heavy atom. The van der Waals surface area contributed by atoms with Crippen LogP contribution >= 0.6 is 0 Å². The van der Waals surface area contributed by atoms with Crippen LogP contribution in [-0.2, 0) is 9.53 Å². The van der Waals surface area contributed by atoms with Gasteiger partial charge in [0.25, 0.3) is 0 Å². The summed E-state index contributed by atoms with van der Waals surface area (Å²) in [6, 6.07) is 8.78. The molecule has 182 valence electrons. The zero-order valence-electron chi connectivity index (χ0n) is 21.0. The summed E-state index contributed by atoms with van der Waals surface area (Å²) >= 11 is 0. The first-order valence-corrected chi connectivity index (χ1v) is 12.2. The summed E-state index contributed by atoms with van der Waals surface area (Å²) in [4.78, 5) is 24.1. The zero-order valence-corrected chi connectivity index (χ0v) is 21.0. The minimum Gasteiger partial charge on any atom is -0.493 e. The zero-order chi connectivity index (χ0) is 24.7. The van der Waals surface area contributed by atoms with Gasteiger partial charge in [-0.1, -0.05) is 39.0 Å². The van der Waals surface area contributed by atoms with Crippen LogP contribution in [-0.4, -0.2) is 18.7 Å². The molecule has 34 heavy (non-hydrogen) atoms. The van der Waals surface area contributed by atoms with Gasteiger partial charge in [0.05, 0.1) is 6.61 Å². The van der Waals surface area contributed by atoms with Gasteiger partial charge in [0.1, 0.15) is 17.4 Å². The molecule has 0 bridgehead atoms. The standard InChI is InChI=1S/C29H36O5/c1-7-18(2)27(31)34-25-14-15-29(6)22(19(3)8-12-24(29)28(25,4)5)17-32-21-11-9-20-10-13-26(30)33-23(20)16-21/h7,9-11,13,16,22,24-25H,3,8,12,14-15,17H2,1-2,4-6H3/b18-7-/t22-,24-,25-,29+/m1/s1. The first-order chi connectivity index (χ1) is 16.1. The lowest BCUT2D eigenvalue weighted by Crippen LogP contribution is -2.56. The second kappa shape index (κ2) is 9.09. The lowest BCUT2D eigenvalue weighted by Gasteiger charge is -2.59. The first kappa shape index (κ1) is 24.3. The van der Waals surface area contributed by atoms with Gasteiger partial charge in [0.15, 0.2) is 0 Å². The summed E-state index contributed by atoms with van der Waals surface area (Å²) in [5.41, 5.74) is 1.88. The van der Waals surface area contributed by atoms with Crippen molar-refractivity contribution in [2.75, 3.05) is 6.61 Å². The largest absolute Gasteiger partial charge is 0.493 e. The molecule has 0 amide bonds. The van der Waals surface area contributed by atoms with Crippen LogP contribution in [0, 0.1) is 22.7 Å². The molecule has 2 aliphatic rings. The van der Waals surface area contributed by atoms with Crippen molar-refractivity contribution in [1.29, 1.82) is 0 Å². The predicted octanol–water partition coefficient (Wildman–Crippen LogP) is 6.46. The first-order valence-electron chi connectivity index (χ1n) is 12.2. The molecule has 0 radical (unpaired) electrons. The smallest absolute Gasteiger partial charge is 0.336 e. The Morgan fingerprint density at radius 1 is 1.21 bits per heavy atom.